The van der Waals surface area contributed by atoms with Gasteiger partial charge in [0.15, 0.2) is 5.96 Å². The molecule has 164 valence electrons. The van der Waals surface area contributed by atoms with E-state index in [0.717, 1.165) is 11.1 Å². The molecule has 9 heteroatoms. The number of aryl methyl sites for hydroxylation is 1. The van der Waals surface area contributed by atoms with E-state index in [2.05, 4.69) is 25.3 Å². The zero-order valence-electron chi connectivity index (χ0n) is 17.5. The topological polar surface area (TPSA) is 80.9 Å². The molecule has 1 aromatic heterocycles. The zero-order chi connectivity index (χ0) is 22.2. The second-order valence-corrected chi connectivity index (χ2v) is 6.64. The van der Waals surface area contributed by atoms with E-state index in [1.165, 1.54) is 13.2 Å². The van der Waals surface area contributed by atoms with Crippen molar-refractivity contribution < 1.29 is 22.7 Å². The highest BCUT2D eigenvalue weighted by molar-refractivity contribution is 5.79. The largest absolute Gasteiger partial charge is 0.497 e. The number of guanidine groups is 1. The van der Waals surface area contributed by atoms with Gasteiger partial charge in [-0.3, -0.25) is 4.99 Å². The van der Waals surface area contributed by atoms with Gasteiger partial charge in [-0.1, -0.05) is 17.7 Å². The van der Waals surface area contributed by atoms with Crippen LogP contribution in [0.5, 0.6) is 11.5 Å². The molecule has 3 rings (SSSR count). The first-order valence-electron chi connectivity index (χ1n) is 9.56. The molecule has 1 heterocycles. The van der Waals surface area contributed by atoms with Gasteiger partial charge in [0.25, 0.3) is 0 Å². The van der Waals surface area contributed by atoms with Gasteiger partial charge < -0.3 is 24.5 Å². The minimum Gasteiger partial charge on any atom is -0.497 e. The van der Waals surface area contributed by atoms with E-state index in [1.54, 1.807) is 25.4 Å². The number of aromatic nitrogens is 1. The van der Waals surface area contributed by atoms with E-state index in [1.807, 2.05) is 31.2 Å². The summed E-state index contributed by atoms with van der Waals surface area (Å²) in [5.41, 5.74) is 3.25. The van der Waals surface area contributed by atoms with Crippen molar-refractivity contribution in [1.29, 1.82) is 0 Å². The van der Waals surface area contributed by atoms with Crippen molar-refractivity contribution in [2.45, 2.75) is 26.6 Å². The lowest BCUT2D eigenvalue weighted by molar-refractivity contribution is -0.0505. The fourth-order valence-corrected chi connectivity index (χ4v) is 2.82. The lowest BCUT2D eigenvalue weighted by atomic mass is 10.1. The molecule has 0 radical (unpaired) electrons. The minimum atomic E-state index is -2.92. The molecule has 0 amide bonds. The molecule has 0 atom stereocenters. The number of rotatable bonds is 8. The van der Waals surface area contributed by atoms with E-state index in [0.29, 0.717) is 35.4 Å². The van der Waals surface area contributed by atoms with E-state index < -0.39 is 6.61 Å². The van der Waals surface area contributed by atoms with Crippen LogP contribution in [0.2, 0.25) is 0 Å². The number of ether oxygens (including phenoxy) is 2. The fraction of sp³-hybridized carbons (Fsp3) is 0.273. The molecule has 2 N–H and O–H groups in total. The Morgan fingerprint density at radius 2 is 1.87 bits per heavy atom. The molecule has 0 aliphatic heterocycles. The highest BCUT2D eigenvalue weighted by Crippen LogP contribution is 2.25. The predicted molar refractivity (Wildman–Crippen MR) is 113 cm³/mol. The number of aliphatic imine (C=N–C) groups is 1. The number of hydrogen-bond donors (Lipinski definition) is 2. The Morgan fingerprint density at radius 1 is 1.13 bits per heavy atom. The molecule has 0 aliphatic carbocycles. The maximum Gasteiger partial charge on any atom is 0.387 e. The first-order valence-corrected chi connectivity index (χ1v) is 9.56. The number of alkyl halides is 2. The quantitative estimate of drug-likeness (QED) is 0.413. The molecule has 0 bridgehead atoms. The molecule has 3 aromatic rings. The molecule has 31 heavy (non-hydrogen) atoms. The van der Waals surface area contributed by atoms with Crippen LogP contribution in [-0.2, 0) is 13.1 Å². The molecule has 0 fully saturated rings. The summed E-state index contributed by atoms with van der Waals surface area (Å²) in [4.78, 5) is 8.61. The summed E-state index contributed by atoms with van der Waals surface area (Å²) in [6.07, 6.45) is 1.58. The van der Waals surface area contributed by atoms with Crippen molar-refractivity contribution >= 4 is 5.96 Å². The highest BCUT2D eigenvalue weighted by atomic mass is 19.3. The van der Waals surface area contributed by atoms with Crippen LogP contribution in [-0.4, -0.2) is 31.7 Å². The molecule has 0 saturated heterocycles. The van der Waals surface area contributed by atoms with Gasteiger partial charge >= 0.3 is 6.61 Å². The summed E-state index contributed by atoms with van der Waals surface area (Å²) < 4.78 is 40.6. The molecule has 0 aliphatic rings. The normalized spacial score (nSPS) is 11.5. The maximum absolute atomic E-state index is 12.7. The van der Waals surface area contributed by atoms with Gasteiger partial charge in [-0.2, -0.15) is 8.78 Å². The van der Waals surface area contributed by atoms with Crippen LogP contribution in [0, 0.1) is 6.92 Å². The summed E-state index contributed by atoms with van der Waals surface area (Å²) >= 11 is 0. The number of benzene rings is 2. The van der Waals surface area contributed by atoms with Crippen molar-refractivity contribution in [1.82, 2.24) is 15.6 Å². The number of methoxy groups -OCH3 is 1. The number of hydrogen-bond acceptors (Lipinski definition) is 5. The Kier molecular flexibility index (Phi) is 7.42. The van der Waals surface area contributed by atoms with Gasteiger partial charge in [-0.25, -0.2) is 4.98 Å². The molecular formula is C22H24F2N4O3. The van der Waals surface area contributed by atoms with Gasteiger partial charge in [0, 0.05) is 24.7 Å². The third-order valence-corrected chi connectivity index (χ3v) is 4.44. The van der Waals surface area contributed by atoms with Crippen LogP contribution < -0.4 is 20.1 Å². The predicted octanol–water partition coefficient (Wildman–Crippen LogP) is 4.13. The smallest absolute Gasteiger partial charge is 0.387 e. The number of nitrogens with one attached hydrogen (secondary N) is 2. The standard InChI is InChI=1S/C22H24F2N4O3/c1-14-4-6-15(7-5-14)20-28-17(13-30-20)12-27-22(25-2)26-11-16-10-18(29-3)8-9-19(16)31-21(23)24/h4-10,13,21H,11-12H2,1-3H3,(H2,25,26,27). The lowest BCUT2D eigenvalue weighted by Crippen LogP contribution is -2.36. The van der Waals surface area contributed by atoms with Crippen molar-refractivity contribution in [3.63, 3.8) is 0 Å². The maximum atomic E-state index is 12.7. The minimum absolute atomic E-state index is 0.0676. The van der Waals surface area contributed by atoms with Crippen molar-refractivity contribution in [3.05, 3.63) is 65.5 Å². The van der Waals surface area contributed by atoms with Crippen LogP contribution in [0.1, 0.15) is 16.8 Å². The van der Waals surface area contributed by atoms with Gasteiger partial charge in [0.1, 0.15) is 17.8 Å². The number of halogens is 2. The van der Waals surface area contributed by atoms with Crippen LogP contribution in [0.4, 0.5) is 8.78 Å². The Hall–Kier alpha value is -3.62. The number of oxazole rings is 1. The Balaban J connectivity index is 1.60. The Labute approximate surface area is 179 Å². The Morgan fingerprint density at radius 3 is 2.55 bits per heavy atom. The summed E-state index contributed by atoms with van der Waals surface area (Å²) in [5.74, 6) is 1.60. The average Bonchev–Trinajstić information content (AvgIpc) is 3.24. The summed E-state index contributed by atoms with van der Waals surface area (Å²) in [5, 5.41) is 6.18. The molecule has 0 spiro atoms. The summed E-state index contributed by atoms with van der Waals surface area (Å²) in [6.45, 7) is -0.333. The van der Waals surface area contributed by atoms with Gasteiger partial charge in [-0.15, -0.1) is 0 Å². The first-order chi connectivity index (χ1) is 15.0. The average molecular weight is 430 g/mol. The molecule has 7 nitrogen and oxygen atoms in total. The van der Waals surface area contributed by atoms with Gasteiger partial charge in [0.2, 0.25) is 5.89 Å². The van der Waals surface area contributed by atoms with Crippen molar-refractivity contribution in [3.8, 4) is 23.0 Å². The number of nitrogens with zero attached hydrogens (tertiary/aromatic N) is 2. The van der Waals surface area contributed by atoms with E-state index in [9.17, 15) is 8.78 Å². The second-order valence-electron chi connectivity index (χ2n) is 6.64. The first kappa shape index (κ1) is 22.1. The Bertz CT molecular complexity index is 1020. The summed E-state index contributed by atoms with van der Waals surface area (Å²) in [6, 6.07) is 12.5. The van der Waals surface area contributed by atoms with Crippen molar-refractivity contribution in [2.24, 2.45) is 4.99 Å². The SMILES string of the molecule is CN=C(NCc1coc(-c2ccc(C)cc2)n1)NCc1cc(OC)ccc1OC(F)F. The summed E-state index contributed by atoms with van der Waals surface area (Å²) in [7, 11) is 3.11. The third-order valence-electron chi connectivity index (χ3n) is 4.44. The monoisotopic (exact) mass is 430 g/mol. The highest BCUT2D eigenvalue weighted by Gasteiger charge is 2.12. The lowest BCUT2D eigenvalue weighted by Gasteiger charge is -2.15. The zero-order valence-corrected chi connectivity index (χ0v) is 17.5. The third kappa shape index (κ3) is 6.18. The van der Waals surface area contributed by atoms with Crippen LogP contribution in [0.3, 0.4) is 0 Å². The van der Waals surface area contributed by atoms with Crippen LogP contribution in [0.15, 0.2) is 58.1 Å². The molecule has 2 aromatic carbocycles. The van der Waals surface area contributed by atoms with Gasteiger partial charge in [0.05, 0.1) is 19.3 Å². The van der Waals surface area contributed by atoms with Crippen LogP contribution in [0.25, 0.3) is 11.5 Å². The molecule has 0 saturated carbocycles. The van der Waals surface area contributed by atoms with E-state index in [-0.39, 0.29) is 12.3 Å². The van der Waals surface area contributed by atoms with Crippen LogP contribution >= 0.6 is 0 Å². The second kappa shape index (κ2) is 10.4. The van der Waals surface area contributed by atoms with Gasteiger partial charge in [-0.05, 0) is 37.3 Å². The fourth-order valence-electron chi connectivity index (χ4n) is 2.82. The van der Waals surface area contributed by atoms with Crippen molar-refractivity contribution in [2.75, 3.05) is 14.2 Å². The molecular weight excluding hydrogens is 406 g/mol. The van der Waals surface area contributed by atoms with E-state index >= 15 is 0 Å². The van der Waals surface area contributed by atoms with E-state index in [4.69, 9.17) is 9.15 Å². The molecule has 0 unspecified atom stereocenters.